The first kappa shape index (κ1) is 16.3. The summed E-state index contributed by atoms with van der Waals surface area (Å²) in [4.78, 5) is 0. The fraction of sp³-hybridized carbons (Fsp3) is 1.00. The van der Waals surface area contributed by atoms with Crippen molar-refractivity contribution in [3.63, 3.8) is 0 Å². The molecule has 0 bridgehead atoms. The van der Waals surface area contributed by atoms with Gasteiger partial charge in [0.25, 0.3) is 0 Å². The van der Waals surface area contributed by atoms with E-state index >= 15 is 0 Å². The highest BCUT2D eigenvalue weighted by atomic mass is 14.9. The van der Waals surface area contributed by atoms with E-state index in [1.54, 1.807) is 0 Å². The molecule has 1 aliphatic carbocycles. The molecule has 0 spiro atoms. The van der Waals surface area contributed by atoms with E-state index in [9.17, 15) is 0 Å². The Bertz CT molecular complexity index is 224. The Morgan fingerprint density at radius 3 is 1.95 bits per heavy atom. The van der Waals surface area contributed by atoms with Crippen LogP contribution in [-0.2, 0) is 0 Å². The first-order chi connectivity index (χ1) is 9.75. The molecule has 1 saturated heterocycles. The van der Waals surface area contributed by atoms with Crippen LogP contribution in [0.3, 0.4) is 0 Å². The van der Waals surface area contributed by atoms with Crippen molar-refractivity contribution in [3.8, 4) is 0 Å². The van der Waals surface area contributed by atoms with Gasteiger partial charge in [-0.05, 0) is 56.4 Å². The highest BCUT2D eigenvalue weighted by Gasteiger charge is 2.23. The van der Waals surface area contributed by atoms with Crippen molar-refractivity contribution in [2.24, 2.45) is 17.8 Å². The van der Waals surface area contributed by atoms with Gasteiger partial charge in [0.2, 0.25) is 0 Å². The molecule has 0 amide bonds. The standard InChI is InChI=1S/C19H37N/c1-16-8-3-4-12-18(13-5-9-16)19-14-6-10-17(2)11-7-15-20-19/h16-20H,3-15H2,1-2H3. The molecule has 1 heteroatoms. The quantitative estimate of drug-likeness (QED) is 0.664. The van der Waals surface area contributed by atoms with Gasteiger partial charge in [-0.25, -0.2) is 0 Å². The van der Waals surface area contributed by atoms with Crippen LogP contribution in [0.2, 0.25) is 0 Å². The third kappa shape index (κ3) is 5.76. The zero-order valence-corrected chi connectivity index (χ0v) is 14.0. The third-order valence-corrected chi connectivity index (χ3v) is 5.85. The summed E-state index contributed by atoms with van der Waals surface area (Å²) < 4.78 is 0. The Hall–Kier alpha value is -0.0400. The smallest absolute Gasteiger partial charge is 0.00953 e. The molecule has 118 valence electrons. The molecule has 20 heavy (non-hydrogen) atoms. The maximum Gasteiger partial charge on any atom is 0.00953 e. The SMILES string of the molecule is CC1CCCCC(C2CCCC(C)CCCN2)CCC1. The molecule has 0 aromatic heterocycles. The lowest BCUT2D eigenvalue weighted by Crippen LogP contribution is -2.36. The molecule has 2 aliphatic rings. The van der Waals surface area contributed by atoms with Crippen molar-refractivity contribution in [1.29, 1.82) is 0 Å². The van der Waals surface area contributed by atoms with Crippen LogP contribution in [0.15, 0.2) is 0 Å². The summed E-state index contributed by atoms with van der Waals surface area (Å²) >= 11 is 0. The van der Waals surface area contributed by atoms with Gasteiger partial charge in [-0.2, -0.15) is 0 Å². The highest BCUT2D eigenvalue weighted by molar-refractivity contribution is 4.79. The molecule has 4 atom stereocenters. The van der Waals surface area contributed by atoms with Crippen LogP contribution in [0.4, 0.5) is 0 Å². The predicted molar refractivity (Wildman–Crippen MR) is 89.0 cm³/mol. The molecular weight excluding hydrogens is 242 g/mol. The van der Waals surface area contributed by atoms with E-state index < -0.39 is 0 Å². The van der Waals surface area contributed by atoms with Gasteiger partial charge in [0, 0.05) is 6.04 Å². The predicted octanol–water partition coefficient (Wildman–Crippen LogP) is 5.54. The molecule has 4 unspecified atom stereocenters. The van der Waals surface area contributed by atoms with E-state index in [1.807, 2.05) is 0 Å². The monoisotopic (exact) mass is 279 g/mol. The number of hydrogen-bond acceptors (Lipinski definition) is 1. The molecule has 2 fully saturated rings. The first-order valence-corrected chi connectivity index (χ1v) is 9.49. The fourth-order valence-corrected chi connectivity index (χ4v) is 4.39. The van der Waals surface area contributed by atoms with Crippen molar-refractivity contribution in [3.05, 3.63) is 0 Å². The van der Waals surface area contributed by atoms with Crippen LogP contribution >= 0.6 is 0 Å². The maximum atomic E-state index is 3.93. The van der Waals surface area contributed by atoms with Crippen LogP contribution in [0, 0.1) is 17.8 Å². The van der Waals surface area contributed by atoms with E-state index in [0.29, 0.717) is 0 Å². The second-order valence-corrected chi connectivity index (χ2v) is 7.82. The van der Waals surface area contributed by atoms with Gasteiger partial charge in [-0.1, -0.05) is 58.8 Å². The lowest BCUT2D eigenvalue weighted by molar-refractivity contribution is 0.288. The van der Waals surface area contributed by atoms with Gasteiger partial charge >= 0.3 is 0 Å². The van der Waals surface area contributed by atoms with Crippen molar-refractivity contribution >= 4 is 0 Å². The van der Waals surface area contributed by atoms with E-state index in [-0.39, 0.29) is 0 Å². The fourth-order valence-electron chi connectivity index (χ4n) is 4.39. The molecule has 2 rings (SSSR count). The van der Waals surface area contributed by atoms with Crippen LogP contribution in [0.1, 0.15) is 90.9 Å². The zero-order chi connectivity index (χ0) is 14.2. The van der Waals surface area contributed by atoms with E-state index in [4.69, 9.17) is 0 Å². The molecule has 0 aromatic rings. The number of rotatable bonds is 1. The maximum absolute atomic E-state index is 3.93. The van der Waals surface area contributed by atoms with Gasteiger partial charge in [0.1, 0.15) is 0 Å². The second-order valence-electron chi connectivity index (χ2n) is 7.82. The molecule has 1 heterocycles. The molecule has 1 aliphatic heterocycles. The van der Waals surface area contributed by atoms with Crippen LogP contribution < -0.4 is 5.32 Å². The highest BCUT2D eigenvalue weighted by Crippen LogP contribution is 2.29. The summed E-state index contributed by atoms with van der Waals surface area (Å²) in [7, 11) is 0. The molecule has 1 N–H and O–H groups in total. The largest absolute Gasteiger partial charge is 0.314 e. The summed E-state index contributed by atoms with van der Waals surface area (Å²) in [5.74, 6) is 2.90. The minimum atomic E-state index is 0.828. The Balaban J connectivity index is 1.85. The topological polar surface area (TPSA) is 12.0 Å². The Kier molecular flexibility index (Phi) is 7.41. The average Bonchev–Trinajstić information content (AvgIpc) is 2.60. The average molecular weight is 280 g/mol. The first-order valence-electron chi connectivity index (χ1n) is 9.49. The molecular formula is C19H37N. The zero-order valence-electron chi connectivity index (χ0n) is 14.0. The summed E-state index contributed by atoms with van der Waals surface area (Å²) in [6, 6.07) is 0.828. The lowest BCUT2D eigenvalue weighted by atomic mass is 9.86. The van der Waals surface area contributed by atoms with Gasteiger partial charge in [-0.3, -0.25) is 0 Å². The van der Waals surface area contributed by atoms with E-state index in [2.05, 4.69) is 19.2 Å². The van der Waals surface area contributed by atoms with Crippen molar-refractivity contribution in [2.45, 2.75) is 96.9 Å². The molecule has 1 nitrogen and oxygen atoms in total. The van der Waals surface area contributed by atoms with Crippen LogP contribution in [-0.4, -0.2) is 12.6 Å². The minimum Gasteiger partial charge on any atom is -0.314 e. The summed E-state index contributed by atoms with van der Waals surface area (Å²) in [6.45, 7) is 6.17. The Morgan fingerprint density at radius 2 is 1.15 bits per heavy atom. The normalized spacial score (nSPS) is 38.7. The third-order valence-electron chi connectivity index (χ3n) is 5.85. The molecule has 1 saturated carbocycles. The number of nitrogens with one attached hydrogen (secondary N) is 1. The lowest BCUT2D eigenvalue weighted by Gasteiger charge is -2.28. The molecule has 0 aromatic carbocycles. The van der Waals surface area contributed by atoms with Gasteiger partial charge < -0.3 is 5.32 Å². The van der Waals surface area contributed by atoms with Crippen molar-refractivity contribution < 1.29 is 0 Å². The Morgan fingerprint density at radius 1 is 0.600 bits per heavy atom. The van der Waals surface area contributed by atoms with Crippen molar-refractivity contribution in [1.82, 2.24) is 5.32 Å². The van der Waals surface area contributed by atoms with E-state index in [0.717, 1.165) is 23.8 Å². The molecule has 0 radical (unpaired) electrons. The van der Waals surface area contributed by atoms with Crippen LogP contribution in [0.5, 0.6) is 0 Å². The summed E-state index contributed by atoms with van der Waals surface area (Å²) in [5.41, 5.74) is 0. The second kappa shape index (κ2) is 9.07. The number of hydrogen-bond donors (Lipinski definition) is 1. The Labute approximate surface area is 127 Å². The summed E-state index contributed by atoms with van der Waals surface area (Å²) in [6.07, 6.45) is 17.5. The summed E-state index contributed by atoms with van der Waals surface area (Å²) in [5, 5.41) is 3.93. The van der Waals surface area contributed by atoms with E-state index in [1.165, 1.54) is 83.6 Å². The van der Waals surface area contributed by atoms with Gasteiger partial charge in [-0.15, -0.1) is 0 Å². The van der Waals surface area contributed by atoms with Crippen LogP contribution in [0.25, 0.3) is 0 Å². The minimum absolute atomic E-state index is 0.828. The van der Waals surface area contributed by atoms with Crippen molar-refractivity contribution in [2.75, 3.05) is 6.54 Å². The van der Waals surface area contributed by atoms with Gasteiger partial charge in [0.05, 0.1) is 0 Å². The van der Waals surface area contributed by atoms with Gasteiger partial charge in [0.15, 0.2) is 0 Å².